The molecule has 6 heteroatoms. The maximum absolute atomic E-state index is 12.5. The molecule has 0 aromatic rings. The Morgan fingerprint density at radius 2 is 0.746 bits per heavy atom. The van der Waals surface area contributed by atoms with Gasteiger partial charge in [0.2, 0.25) is 5.91 Å². The molecule has 67 heavy (non-hydrogen) atoms. The van der Waals surface area contributed by atoms with Gasteiger partial charge in [-0.05, 0) is 89.9 Å². The lowest BCUT2D eigenvalue weighted by Gasteiger charge is -2.20. The number of esters is 1. The van der Waals surface area contributed by atoms with Crippen molar-refractivity contribution in [3.05, 3.63) is 48.6 Å². The number of carbonyl (C=O) groups is 2. The van der Waals surface area contributed by atoms with Crippen molar-refractivity contribution in [2.45, 2.75) is 315 Å². The zero-order valence-corrected chi connectivity index (χ0v) is 44.6. The van der Waals surface area contributed by atoms with E-state index < -0.39 is 12.1 Å². The van der Waals surface area contributed by atoms with Crippen LogP contribution in [-0.2, 0) is 14.3 Å². The molecule has 0 aliphatic rings. The van der Waals surface area contributed by atoms with Gasteiger partial charge in [-0.25, -0.2) is 0 Å². The first-order valence-electron chi connectivity index (χ1n) is 29.4. The van der Waals surface area contributed by atoms with Crippen molar-refractivity contribution in [2.75, 3.05) is 13.2 Å². The molecule has 2 unspecified atom stereocenters. The Balaban J connectivity index is 3.56. The molecule has 0 aromatic carbocycles. The number of rotatable bonds is 54. The van der Waals surface area contributed by atoms with E-state index >= 15 is 0 Å². The number of carbonyl (C=O) groups excluding carboxylic acids is 2. The Morgan fingerprint density at radius 1 is 0.418 bits per heavy atom. The summed E-state index contributed by atoms with van der Waals surface area (Å²) in [6, 6.07) is -0.656. The largest absolute Gasteiger partial charge is 0.466 e. The maximum atomic E-state index is 12.5. The summed E-state index contributed by atoms with van der Waals surface area (Å²) in [5.74, 6) is -0.155. The highest BCUT2D eigenvalue weighted by Crippen LogP contribution is 2.16. The second kappa shape index (κ2) is 56.4. The van der Waals surface area contributed by atoms with Gasteiger partial charge >= 0.3 is 5.97 Å². The zero-order valence-electron chi connectivity index (χ0n) is 44.6. The predicted octanol–water partition coefficient (Wildman–Crippen LogP) is 18.2. The van der Waals surface area contributed by atoms with E-state index in [0.717, 1.165) is 89.9 Å². The van der Waals surface area contributed by atoms with Crippen LogP contribution in [0.15, 0.2) is 48.6 Å². The van der Waals surface area contributed by atoms with Gasteiger partial charge in [0.05, 0.1) is 25.4 Å². The minimum absolute atomic E-state index is 0.0518. The Morgan fingerprint density at radius 3 is 1.16 bits per heavy atom. The normalized spacial score (nSPS) is 13.0. The van der Waals surface area contributed by atoms with Crippen molar-refractivity contribution in [3.8, 4) is 0 Å². The number of aliphatic hydroxyl groups is 2. The summed E-state index contributed by atoms with van der Waals surface area (Å²) in [6.45, 7) is 4.80. The van der Waals surface area contributed by atoms with Crippen LogP contribution in [0.5, 0.6) is 0 Å². The molecule has 1 amide bonds. The van der Waals surface area contributed by atoms with Crippen LogP contribution in [-0.4, -0.2) is 47.4 Å². The minimum atomic E-state index is -0.869. The van der Waals surface area contributed by atoms with Gasteiger partial charge < -0.3 is 20.3 Å². The van der Waals surface area contributed by atoms with E-state index in [-0.39, 0.29) is 18.5 Å². The number of allylic oxidation sites excluding steroid dienone is 7. The lowest BCUT2D eigenvalue weighted by Crippen LogP contribution is -2.45. The van der Waals surface area contributed by atoms with E-state index in [4.69, 9.17) is 4.74 Å². The molecule has 392 valence electrons. The van der Waals surface area contributed by atoms with Crippen LogP contribution >= 0.6 is 0 Å². The average Bonchev–Trinajstić information content (AvgIpc) is 3.33. The van der Waals surface area contributed by atoms with Gasteiger partial charge in [-0.1, -0.05) is 249 Å². The first-order chi connectivity index (χ1) is 33.0. The lowest BCUT2D eigenvalue weighted by atomic mass is 10.0. The SMILES string of the molecule is CCCCCC/C=C\C/C=C\CCCCCCCC(=O)OCCCC/C=C\CCCCCCC(=O)NC(CO)C(O)/C=C/CCCCCCCCCCCCCCCCCCCCCCCC. The number of ether oxygens (including phenoxy) is 1. The van der Waals surface area contributed by atoms with Crippen molar-refractivity contribution in [1.29, 1.82) is 0 Å². The van der Waals surface area contributed by atoms with E-state index in [1.54, 1.807) is 6.08 Å². The van der Waals surface area contributed by atoms with E-state index in [9.17, 15) is 19.8 Å². The number of unbranched alkanes of at least 4 members (excludes halogenated alkanes) is 37. The van der Waals surface area contributed by atoms with Crippen LogP contribution < -0.4 is 5.32 Å². The fraction of sp³-hybridized carbons (Fsp3) is 0.836. The second-order valence-electron chi connectivity index (χ2n) is 20.0. The van der Waals surface area contributed by atoms with Gasteiger partial charge in [-0.15, -0.1) is 0 Å². The van der Waals surface area contributed by atoms with Gasteiger partial charge in [0.1, 0.15) is 0 Å². The number of amides is 1. The molecular formula is C61H113NO5. The first kappa shape index (κ1) is 64.8. The monoisotopic (exact) mass is 940 g/mol. The Kier molecular flexibility index (Phi) is 54.6. The Hall–Kier alpha value is -2.18. The molecular weight excluding hydrogens is 827 g/mol. The van der Waals surface area contributed by atoms with Gasteiger partial charge in [0, 0.05) is 12.8 Å². The fourth-order valence-electron chi connectivity index (χ4n) is 8.78. The van der Waals surface area contributed by atoms with Gasteiger partial charge in [-0.2, -0.15) is 0 Å². The topological polar surface area (TPSA) is 95.9 Å². The molecule has 0 aliphatic heterocycles. The molecule has 0 bridgehead atoms. The van der Waals surface area contributed by atoms with Crippen molar-refractivity contribution >= 4 is 11.9 Å². The highest BCUT2D eigenvalue weighted by atomic mass is 16.5. The van der Waals surface area contributed by atoms with Crippen LogP contribution in [0, 0.1) is 0 Å². The van der Waals surface area contributed by atoms with E-state index in [0.29, 0.717) is 19.4 Å². The third-order valence-electron chi connectivity index (χ3n) is 13.3. The Bertz CT molecular complexity index is 1130. The molecule has 3 N–H and O–H groups in total. The van der Waals surface area contributed by atoms with Gasteiger partial charge in [0.15, 0.2) is 0 Å². The molecule has 0 saturated heterocycles. The highest BCUT2D eigenvalue weighted by Gasteiger charge is 2.18. The molecule has 2 atom stereocenters. The summed E-state index contributed by atoms with van der Waals surface area (Å²) in [6.07, 6.45) is 71.4. The van der Waals surface area contributed by atoms with Crippen LogP contribution in [0.25, 0.3) is 0 Å². The second-order valence-corrected chi connectivity index (χ2v) is 20.0. The summed E-state index contributed by atoms with van der Waals surface area (Å²) in [7, 11) is 0. The predicted molar refractivity (Wildman–Crippen MR) is 292 cm³/mol. The first-order valence-corrected chi connectivity index (χ1v) is 29.4. The van der Waals surface area contributed by atoms with Gasteiger partial charge in [-0.3, -0.25) is 9.59 Å². The molecule has 0 aromatic heterocycles. The number of nitrogens with one attached hydrogen (secondary N) is 1. The molecule has 0 fully saturated rings. The quantitative estimate of drug-likeness (QED) is 0.0321. The van der Waals surface area contributed by atoms with Crippen molar-refractivity contribution < 1.29 is 24.5 Å². The van der Waals surface area contributed by atoms with Crippen molar-refractivity contribution in [1.82, 2.24) is 5.32 Å². The minimum Gasteiger partial charge on any atom is -0.466 e. The van der Waals surface area contributed by atoms with Crippen LogP contribution in [0.4, 0.5) is 0 Å². The summed E-state index contributed by atoms with van der Waals surface area (Å²) in [4.78, 5) is 24.5. The summed E-state index contributed by atoms with van der Waals surface area (Å²) in [5, 5.41) is 23.2. The van der Waals surface area contributed by atoms with E-state index in [1.807, 2.05) is 6.08 Å². The zero-order chi connectivity index (χ0) is 48.6. The molecule has 6 nitrogen and oxygen atoms in total. The smallest absolute Gasteiger partial charge is 0.305 e. The van der Waals surface area contributed by atoms with Crippen LogP contribution in [0.1, 0.15) is 303 Å². The van der Waals surface area contributed by atoms with E-state index in [1.165, 1.54) is 186 Å². The standard InChI is InChI=1S/C61H113NO5/c1-3-5-7-9-11-13-15-17-19-21-22-23-24-25-26-27-28-29-31-33-37-41-45-49-53-59(64)58(57-63)62-60(65)54-50-46-42-38-35-36-40-44-48-52-56-67-61(66)55-51-47-43-39-34-32-30-20-18-16-14-12-10-8-6-4-2/h14,16,20,30,36,40,49,53,58-59,63-64H,3-13,15,17-19,21-29,31-35,37-39,41-48,50-52,54-57H2,1-2H3,(H,62,65)/b16-14-,30-20-,40-36-,53-49+. The number of hydrogen-bond donors (Lipinski definition) is 3. The van der Waals surface area contributed by atoms with Crippen molar-refractivity contribution in [2.24, 2.45) is 0 Å². The average molecular weight is 941 g/mol. The molecule has 0 heterocycles. The molecule has 0 radical (unpaired) electrons. The number of aliphatic hydroxyl groups excluding tert-OH is 2. The van der Waals surface area contributed by atoms with Crippen LogP contribution in [0.2, 0.25) is 0 Å². The van der Waals surface area contributed by atoms with Gasteiger partial charge in [0.25, 0.3) is 0 Å². The van der Waals surface area contributed by atoms with Crippen molar-refractivity contribution in [3.63, 3.8) is 0 Å². The molecule has 0 rings (SSSR count). The molecule has 0 spiro atoms. The van der Waals surface area contributed by atoms with Crippen LogP contribution in [0.3, 0.4) is 0 Å². The van der Waals surface area contributed by atoms with E-state index in [2.05, 4.69) is 55.6 Å². The number of hydrogen-bond acceptors (Lipinski definition) is 5. The molecule has 0 saturated carbocycles. The third kappa shape index (κ3) is 53.0. The Labute approximate surface area is 416 Å². The third-order valence-corrected chi connectivity index (χ3v) is 13.3. The fourth-order valence-corrected chi connectivity index (χ4v) is 8.78. The summed E-state index contributed by atoms with van der Waals surface area (Å²) < 4.78 is 5.43. The molecule has 0 aliphatic carbocycles. The highest BCUT2D eigenvalue weighted by molar-refractivity contribution is 5.76. The summed E-state index contributed by atoms with van der Waals surface area (Å²) in [5.41, 5.74) is 0. The summed E-state index contributed by atoms with van der Waals surface area (Å²) >= 11 is 0. The lowest BCUT2D eigenvalue weighted by molar-refractivity contribution is -0.143. The maximum Gasteiger partial charge on any atom is 0.305 e.